The third-order valence-electron chi connectivity index (χ3n) is 3.47. The van der Waals surface area contributed by atoms with Crippen molar-refractivity contribution in [3.8, 4) is 11.5 Å². The second-order valence-corrected chi connectivity index (χ2v) is 7.69. The summed E-state index contributed by atoms with van der Waals surface area (Å²) in [5.41, 5.74) is 1.78. The van der Waals surface area contributed by atoms with Crippen molar-refractivity contribution >= 4 is 9.84 Å². The van der Waals surface area contributed by atoms with Gasteiger partial charge in [0.1, 0.15) is 11.6 Å². The molecule has 0 saturated heterocycles. The van der Waals surface area contributed by atoms with Crippen molar-refractivity contribution in [2.75, 3.05) is 5.75 Å². The number of rotatable bonds is 6. The molecule has 0 spiro atoms. The van der Waals surface area contributed by atoms with Crippen molar-refractivity contribution in [3.05, 3.63) is 47.3 Å². The van der Waals surface area contributed by atoms with Crippen LogP contribution in [0.4, 0.5) is 0 Å². The summed E-state index contributed by atoms with van der Waals surface area (Å²) < 4.78 is 29.6. The highest BCUT2D eigenvalue weighted by Crippen LogP contribution is 2.21. The van der Waals surface area contributed by atoms with Gasteiger partial charge < -0.3 is 4.52 Å². The Morgan fingerprint density at radius 1 is 1.12 bits per heavy atom. The van der Waals surface area contributed by atoms with Crippen molar-refractivity contribution in [1.82, 2.24) is 25.3 Å². The van der Waals surface area contributed by atoms with E-state index in [1.807, 2.05) is 31.2 Å². The zero-order valence-corrected chi connectivity index (χ0v) is 14.2. The summed E-state index contributed by atoms with van der Waals surface area (Å²) >= 11 is 0. The lowest BCUT2D eigenvalue weighted by molar-refractivity contribution is 0.424. The standard InChI is InChI=1S/C15H17N5O3S/c1-10-5-3-4-6-12(10)15-17-14(20-23-15)9-24(21,22)8-7-13-16-11(2)18-19-13/h3-6H,7-9H2,1-2H3,(H,16,18,19). The first-order valence-corrected chi connectivity index (χ1v) is 9.22. The molecule has 1 N–H and O–H groups in total. The van der Waals surface area contributed by atoms with E-state index in [1.54, 1.807) is 6.92 Å². The molecular formula is C15H17N5O3S. The van der Waals surface area contributed by atoms with Gasteiger partial charge in [0.15, 0.2) is 21.5 Å². The Hall–Kier alpha value is -2.55. The normalized spacial score (nSPS) is 11.8. The highest BCUT2D eigenvalue weighted by molar-refractivity contribution is 7.90. The molecule has 126 valence electrons. The Morgan fingerprint density at radius 2 is 1.92 bits per heavy atom. The largest absolute Gasteiger partial charge is 0.334 e. The third kappa shape index (κ3) is 3.85. The van der Waals surface area contributed by atoms with Gasteiger partial charge in [-0.25, -0.2) is 13.4 Å². The fraction of sp³-hybridized carbons (Fsp3) is 0.333. The van der Waals surface area contributed by atoms with E-state index in [-0.39, 0.29) is 23.8 Å². The van der Waals surface area contributed by atoms with E-state index in [0.29, 0.717) is 17.5 Å². The summed E-state index contributed by atoms with van der Waals surface area (Å²) in [7, 11) is -3.38. The fourth-order valence-corrected chi connectivity index (χ4v) is 3.40. The molecule has 2 heterocycles. The first-order valence-electron chi connectivity index (χ1n) is 7.40. The van der Waals surface area contributed by atoms with E-state index in [2.05, 4.69) is 25.3 Å². The molecule has 0 aliphatic rings. The Balaban J connectivity index is 1.68. The van der Waals surface area contributed by atoms with Crippen LogP contribution < -0.4 is 0 Å². The summed E-state index contributed by atoms with van der Waals surface area (Å²) in [6.07, 6.45) is 0.245. The van der Waals surface area contributed by atoms with E-state index >= 15 is 0 Å². The molecule has 0 bridgehead atoms. The van der Waals surface area contributed by atoms with Gasteiger partial charge in [-0.2, -0.15) is 10.1 Å². The average molecular weight is 347 g/mol. The van der Waals surface area contributed by atoms with Crippen molar-refractivity contribution in [2.24, 2.45) is 0 Å². The van der Waals surface area contributed by atoms with E-state index in [1.165, 1.54) is 0 Å². The van der Waals surface area contributed by atoms with Gasteiger partial charge in [0, 0.05) is 12.0 Å². The number of aromatic amines is 1. The minimum atomic E-state index is -3.38. The molecule has 8 nitrogen and oxygen atoms in total. The Morgan fingerprint density at radius 3 is 2.62 bits per heavy atom. The highest BCUT2D eigenvalue weighted by atomic mass is 32.2. The van der Waals surface area contributed by atoms with Gasteiger partial charge in [-0.15, -0.1) is 0 Å². The fourth-order valence-electron chi connectivity index (χ4n) is 2.25. The maximum absolute atomic E-state index is 12.2. The number of aryl methyl sites for hydroxylation is 3. The van der Waals surface area contributed by atoms with Gasteiger partial charge >= 0.3 is 0 Å². The second kappa shape index (κ2) is 6.52. The zero-order valence-electron chi connectivity index (χ0n) is 13.4. The Bertz CT molecular complexity index is 945. The minimum absolute atomic E-state index is 0.0709. The number of benzene rings is 1. The molecule has 1 aromatic carbocycles. The van der Waals surface area contributed by atoms with Crippen LogP contribution in [0.15, 0.2) is 28.8 Å². The number of sulfone groups is 1. The van der Waals surface area contributed by atoms with Crippen molar-refractivity contribution in [1.29, 1.82) is 0 Å². The van der Waals surface area contributed by atoms with Gasteiger partial charge in [0.25, 0.3) is 5.89 Å². The first-order chi connectivity index (χ1) is 11.4. The number of hydrogen-bond acceptors (Lipinski definition) is 7. The summed E-state index contributed by atoms with van der Waals surface area (Å²) in [5, 5.41) is 10.4. The van der Waals surface area contributed by atoms with E-state index < -0.39 is 9.84 Å². The minimum Gasteiger partial charge on any atom is -0.334 e. The van der Waals surface area contributed by atoms with Crippen LogP contribution in [0.2, 0.25) is 0 Å². The van der Waals surface area contributed by atoms with Crippen LogP contribution in [0, 0.1) is 13.8 Å². The average Bonchev–Trinajstić information content (AvgIpc) is 3.15. The maximum atomic E-state index is 12.2. The van der Waals surface area contributed by atoms with Crippen molar-refractivity contribution in [2.45, 2.75) is 26.0 Å². The molecule has 3 aromatic rings. The number of hydrogen-bond donors (Lipinski definition) is 1. The highest BCUT2D eigenvalue weighted by Gasteiger charge is 2.19. The van der Waals surface area contributed by atoms with E-state index in [4.69, 9.17) is 4.52 Å². The molecule has 24 heavy (non-hydrogen) atoms. The molecular weight excluding hydrogens is 330 g/mol. The monoisotopic (exact) mass is 347 g/mol. The third-order valence-corrected chi connectivity index (χ3v) is 5.00. The molecule has 3 rings (SSSR count). The molecule has 9 heteroatoms. The van der Waals surface area contributed by atoms with Gasteiger partial charge in [0.2, 0.25) is 0 Å². The molecule has 0 unspecified atom stereocenters. The van der Waals surface area contributed by atoms with Gasteiger partial charge in [-0.1, -0.05) is 23.4 Å². The molecule has 2 aromatic heterocycles. The quantitative estimate of drug-likeness (QED) is 0.720. The summed E-state index contributed by atoms with van der Waals surface area (Å²) in [6, 6.07) is 7.55. The maximum Gasteiger partial charge on any atom is 0.258 e. The Labute approximate surface area is 139 Å². The van der Waals surface area contributed by atoms with Crippen molar-refractivity contribution in [3.63, 3.8) is 0 Å². The van der Waals surface area contributed by atoms with E-state index in [9.17, 15) is 8.42 Å². The second-order valence-electron chi connectivity index (χ2n) is 5.51. The van der Waals surface area contributed by atoms with Crippen LogP contribution >= 0.6 is 0 Å². The van der Waals surface area contributed by atoms with E-state index in [0.717, 1.165) is 11.1 Å². The number of H-pyrrole nitrogens is 1. The predicted molar refractivity (Wildman–Crippen MR) is 86.8 cm³/mol. The molecule has 0 aliphatic heterocycles. The van der Waals surface area contributed by atoms with Crippen LogP contribution in [0.1, 0.15) is 23.0 Å². The topological polar surface area (TPSA) is 115 Å². The van der Waals surface area contributed by atoms with Crippen LogP contribution in [0.25, 0.3) is 11.5 Å². The number of aromatic nitrogens is 5. The first kappa shape index (κ1) is 16.3. The molecule has 0 saturated carbocycles. The number of nitrogens with zero attached hydrogens (tertiary/aromatic N) is 4. The van der Waals surface area contributed by atoms with Gasteiger partial charge in [-0.05, 0) is 25.5 Å². The van der Waals surface area contributed by atoms with Gasteiger partial charge in [-0.3, -0.25) is 5.10 Å². The molecule has 0 amide bonds. The molecule has 0 radical (unpaired) electrons. The van der Waals surface area contributed by atoms with Crippen LogP contribution in [-0.2, 0) is 22.0 Å². The van der Waals surface area contributed by atoms with Crippen molar-refractivity contribution < 1.29 is 12.9 Å². The van der Waals surface area contributed by atoms with Crippen LogP contribution in [-0.4, -0.2) is 39.5 Å². The molecule has 0 fully saturated rings. The lowest BCUT2D eigenvalue weighted by atomic mass is 10.1. The number of nitrogens with one attached hydrogen (secondary N) is 1. The lowest BCUT2D eigenvalue weighted by Crippen LogP contribution is -2.13. The molecule has 0 aliphatic carbocycles. The summed E-state index contributed by atoms with van der Waals surface area (Å²) in [6.45, 7) is 3.69. The zero-order chi connectivity index (χ0) is 17.2. The Kier molecular flexibility index (Phi) is 4.43. The van der Waals surface area contributed by atoms with Crippen LogP contribution in [0.3, 0.4) is 0 Å². The lowest BCUT2D eigenvalue weighted by Gasteiger charge is -1.99. The van der Waals surface area contributed by atoms with Gasteiger partial charge in [0.05, 0.1) is 5.75 Å². The summed E-state index contributed by atoms with van der Waals surface area (Å²) in [4.78, 5) is 8.28. The SMILES string of the molecule is Cc1nc(CCS(=O)(=O)Cc2noc(-c3ccccc3C)n2)n[nH]1. The predicted octanol–water partition coefficient (Wildman–Crippen LogP) is 1.63. The molecule has 0 atom stereocenters. The smallest absolute Gasteiger partial charge is 0.258 e. The summed E-state index contributed by atoms with van der Waals surface area (Å²) in [5.74, 6) is 1.26. The van der Waals surface area contributed by atoms with Crippen LogP contribution in [0.5, 0.6) is 0 Å².